The molecule has 0 aliphatic rings. The second-order valence-corrected chi connectivity index (χ2v) is 0. The van der Waals surface area contributed by atoms with Crippen LogP contribution >= 0.6 is 0 Å². The Morgan fingerprint density at radius 2 is 0.115 bits per heavy atom. The van der Waals surface area contributed by atoms with E-state index < -0.39 is 0 Å². The fourth-order valence-corrected chi connectivity index (χ4v) is 0. The zero-order valence-electron chi connectivity index (χ0n) is 41.0. The fraction of sp³-hybridized carbons (Fsp3) is 0. The fourth-order valence-electron chi connectivity index (χ4n) is 0. The number of hydrogen-bond acceptors (Lipinski definition) is 26. The van der Waals surface area contributed by atoms with E-state index in [1.54, 1.807) is 0 Å². The van der Waals surface area contributed by atoms with Gasteiger partial charge in [-0.15, -0.1) is 0 Å². The van der Waals surface area contributed by atoms with Crippen molar-refractivity contribution in [2.45, 2.75) is 0 Å². The molecule has 0 aromatic rings. The molecule has 0 spiro atoms. The first-order valence-electron chi connectivity index (χ1n) is 15.0. The van der Waals surface area contributed by atoms with Crippen molar-refractivity contribution in [2.75, 3.05) is 0 Å². The van der Waals surface area contributed by atoms with E-state index in [2.05, 4.69) is 160 Å². The van der Waals surface area contributed by atoms with E-state index >= 15 is 0 Å². The summed E-state index contributed by atoms with van der Waals surface area (Å²) in [6.45, 7) is 0. The SMILES string of the molecule is [2H]N.[2H]N.[2H]N.[2H]N.[2H]N.[2H]N.[2H]N.[2H]N.[2H]N.[2H]N.[2H]N.[2H]N.[2H]N.[2H]N.[2H]N.[2H]N.[2H]N.[2H]N.[2H]N.[2H]N.[2H]N.[2H]N.[2H]N.[2H]N.[2H]N.[2H]N. The van der Waals surface area contributed by atoms with Crippen LogP contribution in [0.2, 0.25) is 36.7 Å². The summed E-state index contributed by atoms with van der Waals surface area (Å²) >= 11 is 0. The third-order valence-electron chi connectivity index (χ3n) is 0. The van der Waals surface area contributed by atoms with Gasteiger partial charge in [-0.25, -0.2) is 0 Å². The lowest BCUT2D eigenvalue weighted by molar-refractivity contribution is 2.13. The molecule has 78 N–H and O–H groups in total. The Kier molecular flexibility index (Phi) is 10300. The van der Waals surface area contributed by atoms with Gasteiger partial charge in [-0.2, -0.15) is 0 Å². The predicted octanol–water partition coefficient (Wildman–Crippen LogP) is 4.21. The first-order valence-corrected chi connectivity index (χ1v) is 0. The summed E-state index contributed by atoms with van der Waals surface area (Å²) in [6.07, 6.45) is 97.5. The monoisotopic (exact) mass is 469 g/mol. The van der Waals surface area contributed by atoms with E-state index in [4.69, 9.17) is 36.7 Å². The molecule has 0 aromatic heterocycles. The zero-order chi connectivity index (χ0) is 52.0. The lowest BCUT2D eigenvalue weighted by atomic mass is 14.0. The van der Waals surface area contributed by atoms with Gasteiger partial charge in [-0.3, -0.25) is 0 Å². The van der Waals surface area contributed by atoms with Crippen LogP contribution in [0.1, 0.15) is 0 Å². The average molecular weight is 469 g/mol. The van der Waals surface area contributed by atoms with Crippen LogP contribution in [0.25, 0.3) is 0 Å². The van der Waals surface area contributed by atoms with Crippen LogP contribution in [-0.4, -0.2) is 0 Å². The Balaban J connectivity index is -0.00000000563. The predicted molar refractivity (Wildman–Crippen MR) is 131 cm³/mol. The van der Waals surface area contributed by atoms with E-state index in [9.17, 15) is 0 Å². The molecule has 0 bridgehead atoms. The second kappa shape index (κ2) is 11700. The molecule has 0 fully saturated rings. The van der Waals surface area contributed by atoms with Gasteiger partial charge < -0.3 is 160 Å². The van der Waals surface area contributed by atoms with E-state index in [1.807, 2.05) is 0 Å². The van der Waals surface area contributed by atoms with Crippen molar-refractivity contribution in [3.63, 3.8) is 0 Å². The third kappa shape index (κ3) is 10200. The molecule has 0 saturated carbocycles. The van der Waals surface area contributed by atoms with Crippen LogP contribution in [0.15, 0.2) is 0 Å². The average Bonchev–Trinajstić information content (AvgIpc) is 3.40. The molecule has 0 amide bonds. The molecule has 0 radical (unpaired) electrons. The summed E-state index contributed by atoms with van der Waals surface area (Å²) in [4.78, 5) is 0. The van der Waals surface area contributed by atoms with E-state index in [1.165, 1.54) is 0 Å². The van der Waals surface area contributed by atoms with Crippen LogP contribution in [0.4, 0.5) is 0 Å². The van der Waals surface area contributed by atoms with E-state index in [-0.39, 0.29) is 0 Å². The van der Waals surface area contributed by atoms with Gasteiger partial charge in [-0.05, 0) is 0 Å². The quantitative estimate of drug-likeness (QED) is 0.236. The van der Waals surface area contributed by atoms with Crippen LogP contribution in [-0.2, 0) is 0 Å². The van der Waals surface area contributed by atoms with Gasteiger partial charge in [0.15, 0.2) is 0 Å². The molecule has 0 aromatic carbocycles. The molecule has 0 aliphatic heterocycles. The number of rotatable bonds is 0. The van der Waals surface area contributed by atoms with E-state index in [0.717, 1.165) is 0 Å². The minimum Gasteiger partial charge on any atom is -0.344 e. The van der Waals surface area contributed by atoms with Gasteiger partial charge in [0.1, 0.15) is 36.7 Å². The lowest BCUT2D eigenvalue weighted by Crippen LogP contribution is -0.482. The third-order valence-corrected chi connectivity index (χ3v) is 0. The number of hydrogen-bond donors (Lipinski definition) is 26. The Bertz CT molecular complexity index is 52.0. The van der Waals surface area contributed by atoms with Gasteiger partial charge >= 0.3 is 0 Å². The highest BCUT2D eigenvalue weighted by atomic mass is 14.0. The maximum absolute atomic E-state index is 5.25. The van der Waals surface area contributed by atoms with Crippen molar-refractivity contribution in [3.8, 4) is 0 Å². The van der Waals surface area contributed by atoms with Gasteiger partial charge in [0.25, 0.3) is 0 Å². The Morgan fingerprint density at radius 3 is 0.115 bits per heavy atom. The smallest absolute Gasteiger partial charge is 0.115 e. The molecule has 0 unspecified atom stereocenters. The largest absolute Gasteiger partial charge is 0.344 e. The molecule has 0 saturated heterocycles. The summed E-state index contributed by atoms with van der Waals surface area (Å²) in [6, 6.07) is 0. The molecule has 26 heteroatoms. The molecule has 0 atom stereocenters. The van der Waals surface area contributed by atoms with Crippen molar-refractivity contribution in [1.29, 1.82) is 0 Å². The van der Waals surface area contributed by atoms with Crippen molar-refractivity contribution in [1.82, 2.24) is 160 Å². The first kappa shape index (κ1) is 23.0. The lowest BCUT2D eigenvalue weighted by Gasteiger charge is -0.345. The minimum atomic E-state index is 3.75. The zero-order valence-corrected chi connectivity index (χ0v) is 15.0. The maximum Gasteiger partial charge on any atom is 0.115 e. The minimum absolute atomic E-state index is 3.75. The Morgan fingerprint density at radius 1 is 0.115 bits per heavy atom. The van der Waals surface area contributed by atoms with Gasteiger partial charge in [-0.1, -0.05) is 0 Å². The van der Waals surface area contributed by atoms with Crippen molar-refractivity contribution in [3.05, 3.63) is 0 Å². The highest BCUT2D eigenvalue weighted by Crippen LogP contribution is -0.456. The molecule has 26 nitrogen and oxygen atoms in total. The first-order chi connectivity index (χ1) is 26.0. The highest BCUT2D eigenvalue weighted by molar-refractivity contribution is 2.16. The molecule has 0 rings (SSSR count). The topological polar surface area (TPSA) is 910 Å². The summed E-state index contributed by atoms with van der Waals surface area (Å²) in [5.41, 5.74) is 0. The van der Waals surface area contributed by atoms with E-state index in [0.29, 0.717) is 0 Å². The Labute approximate surface area is 199 Å². The van der Waals surface area contributed by atoms with Crippen LogP contribution in [0.5, 0.6) is 0 Å². The molecule has 0 aliphatic carbocycles. The molecule has 26 heavy (non-hydrogen) atoms. The van der Waals surface area contributed by atoms with Gasteiger partial charge in [0, 0.05) is 0 Å². The van der Waals surface area contributed by atoms with Crippen LogP contribution in [0, 0.1) is 0 Å². The van der Waals surface area contributed by atoms with Crippen molar-refractivity contribution in [2.24, 2.45) is 0 Å². The summed E-state index contributed by atoms with van der Waals surface area (Å²) in [5, 5.41) is 0. The molecule has 208 valence electrons. The maximum atomic E-state index is 5.25. The second-order valence-electron chi connectivity index (χ2n) is 0. The van der Waals surface area contributed by atoms with Crippen molar-refractivity contribution < 1.29 is 36.7 Å². The summed E-state index contributed by atoms with van der Waals surface area (Å²) in [7, 11) is 0. The highest BCUT2D eigenvalue weighted by Gasteiger charge is -0.319. The molecular weight excluding hydrogens is 364 g/mol. The summed E-state index contributed by atoms with van der Waals surface area (Å²) in [5.74, 6) is 0. The van der Waals surface area contributed by atoms with Crippen LogP contribution < -0.4 is 160 Å². The van der Waals surface area contributed by atoms with Gasteiger partial charge in [0.05, 0.1) is 0 Å². The Hall–Kier alpha value is -1.04. The molecular formula is H78N26. The summed E-state index contributed by atoms with van der Waals surface area (Å²) < 4.78 is 136. The standard InChI is InChI=1S/26H3N/h26*1H3/i/hD26. The van der Waals surface area contributed by atoms with Gasteiger partial charge in [0.2, 0.25) is 0 Å². The van der Waals surface area contributed by atoms with Crippen LogP contribution in [0.3, 0.4) is 0 Å². The van der Waals surface area contributed by atoms with Crippen molar-refractivity contribution >= 4 is 0 Å². The molecule has 0 heterocycles. The normalized spacial score (nSPS) is 7.00.